The molecular weight excluding hydrogens is 362 g/mol. The minimum absolute atomic E-state index is 0.00572. The van der Waals surface area contributed by atoms with Gasteiger partial charge in [0.05, 0.1) is 20.4 Å². The van der Waals surface area contributed by atoms with Gasteiger partial charge in [-0.15, -0.1) is 0 Å². The van der Waals surface area contributed by atoms with Gasteiger partial charge in [0, 0.05) is 28.8 Å². The van der Waals surface area contributed by atoms with E-state index in [4.69, 9.17) is 14.2 Å². The molecule has 0 atom stereocenters. The second-order valence-electron chi connectivity index (χ2n) is 6.94. The number of ether oxygens (including phenoxy) is 3. The Morgan fingerprint density at radius 1 is 1.07 bits per heavy atom. The highest BCUT2D eigenvalue weighted by Gasteiger charge is 2.07. The summed E-state index contributed by atoms with van der Waals surface area (Å²) in [7, 11) is 3.70. The summed E-state index contributed by atoms with van der Waals surface area (Å²) in [6.45, 7) is 6.40. The smallest absolute Gasteiger partial charge is 0.236 e. The number of rotatable bonds is 12. The highest BCUT2D eigenvalue weighted by Crippen LogP contribution is 2.30. The van der Waals surface area contributed by atoms with E-state index in [2.05, 4.69) is 25.8 Å². The number of hydrogen-bond acceptors (Lipinski definition) is 6. The second kappa shape index (κ2) is 11.3. The summed E-state index contributed by atoms with van der Waals surface area (Å²) < 4.78 is 17.8. The molecule has 0 aliphatic rings. The van der Waals surface area contributed by atoms with Crippen molar-refractivity contribution in [1.82, 2.24) is 4.90 Å². The third-order valence-electron chi connectivity index (χ3n) is 4.53. The van der Waals surface area contributed by atoms with E-state index in [1.807, 2.05) is 18.2 Å². The van der Waals surface area contributed by atoms with Crippen LogP contribution in [0, 0.1) is 0 Å². The summed E-state index contributed by atoms with van der Waals surface area (Å²) in [6.07, 6.45) is 4.23. The highest BCUT2D eigenvalue weighted by molar-refractivity contribution is 7.16. The molecule has 0 amide bonds. The molecule has 0 aliphatic heterocycles. The van der Waals surface area contributed by atoms with Gasteiger partial charge in [-0.3, -0.25) is 9.69 Å². The first-order valence-electron chi connectivity index (χ1n) is 9.54. The molecule has 27 heavy (non-hydrogen) atoms. The molecule has 5 nitrogen and oxygen atoms in total. The van der Waals surface area contributed by atoms with Crippen LogP contribution in [-0.4, -0.2) is 45.0 Å². The molecular formula is C21H31NO4S. The Balaban J connectivity index is 1.71. The molecule has 6 heteroatoms. The maximum absolute atomic E-state index is 11.9. The van der Waals surface area contributed by atoms with Crippen molar-refractivity contribution in [1.29, 1.82) is 0 Å². The molecule has 0 saturated heterocycles. The lowest BCUT2D eigenvalue weighted by molar-refractivity contribution is 0.0261. The lowest BCUT2D eigenvalue weighted by Gasteiger charge is -2.20. The lowest BCUT2D eigenvalue weighted by Crippen LogP contribution is -2.28. The molecule has 2 rings (SSSR count). The van der Waals surface area contributed by atoms with Crippen LogP contribution in [0.25, 0.3) is 10.1 Å². The van der Waals surface area contributed by atoms with E-state index >= 15 is 0 Å². The molecule has 1 aromatic heterocycles. The average Bonchev–Trinajstić information content (AvgIpc) is 2.65. The van der Waals surface area contributed by atoms with Crippen molar-refractivity contribution in [3.63, 3.8) is 0 Å². The highest BCUT2D eigenvalue weighted by atomic mass is 32.1. The molecule has 0 unspecified atom stereocenters. The van der Waals surface area contributed by atoms with Gasteiger partial charge in [-0.05, 0) is 58.4 Å². The van der Waals surface area contributed by atoms with Crippen LogP contribution < -0.4 is 14.2 Å². The maximum Gasteiger partial charge on any atom is 0.236 e. The van der Waals surface area contributed by atoms with Crippen LogP contribution in [-0.2, 0) is 4.74 Å². The Morgan fingerprint density at radius 2 is 1.81 bits per heavy atom. The van der Waals surface area contributed by atoms with Gasteiger partial charge in [-0.25, -0.2) is 0 Å². The molecule has 150 valence electrons. The first kappa shape index (κ1) is 21.7. The Kier molecular flexibility index (Phi) is 9.04. The topological polar surface area (TPSA) is 48.0 Å². The lowest BCUT2D eigenvalue weighted by atomic mass is 10.2. The van der Waals surface area contributed by atoms with E-state index < -0.39 is 0 Å². The zero-order valence-corrected chi connectivity index (χ0v) is 17.6. The van der Waals surface area contributed by atoms with E-state index in [0.29, 0.717) is 25.1 Å². The summed E-state index contributed by atoms with van der Waals surface area (Å²) in [5, 5.41) is 0.932. The van der Waals surface area contributed by atoms with E-state index in [-0.39, 0.29) is 4.74 Å². The normalized spacial score (nSPS) is 11.5. The van der Waals surface area contributed by atoms with Crippen LogP contribution >= 0.6 is 11.3 Å². The van der Waals surface area contributed by atoms with Crippen molar-refractivity contribution < 1.29 is 14.2 Å². The molecule has 1 aromatic carbocycles. The minimum Gasteiger partial charge on any atom is -0.497 e. The first-order valence-corrected chi connectivity index (χ1v) is 10.4. The zero-order valence-electron chi connectivity index (χ0n) is 16.8. The summed E-state index contributed by atoms with van der Waals surface area (Å²) in [5.41, 5.74) is 0. The van der Waals surface area contributed by atoms with Gasteiger partial charge in [0.1, 0.15) is 11.5 Å². The number of hydrogen-bond donors (Lipinski definition) is 0. The average molecular weight is 394 g/mol. The largest absolute Gasteiger partial charge is 0.497 e. The first-order chi connectivity index (χ1) is 13.0. The predicted octanol–water partition coefficient (Wildman–Crippen LogP) is 4.52. The third-order valence-corrected chi connectivity index (χ3v) is 5.42. The molecule has 0 saturated carbocycles. The Bertz CT molecular complexity index is 759. The van der Waals surface area contributed by atoms with E-state index in [1.54, 1.807) is 13.2 Å². The van der Waals surface area contributed by atoms with Crippen LogP contribution in [0.2, 0.25) is 0 Å². The Labute approximate surface area is 165 Å². The fourth-order valence-corrected chi connectivity index (χ4v) is 3.35. The Hall–Kier alpha value is -1.63. The summed E-state index contributed by atoms with van der Waals surface area (Å²) in [6, 6.07) is 7.77. The minimum atomic E-state index is 0.00572. The maximum atomic E-state index is 11.9. The van der Waals surface area contributed by atoms with Crippen LogP contribution in [0.5, 0.6) is 11.5 Å². The summed E-state index contributed by atoms with van der Waals surface area (Å²) in [4.78, 5) is 14.1. The number of nitrogens with zero attached hydrogens (tertiary/aromatic N) is 1. The molecule has 0 spiro atoms. The fourth-order valence-electron chi connectivity index (χ4n) is 2.56. The van der Waals surface area contributed by atoms with Gasteiger partial charge in [0.25, 0.3) is 0 Å². The quantitative estimate of drug-likeness (QED) is 0.392. The monoisotopic (exact) mass is 393 g/mol. The number of unbranched alkanes of at least 4 members (excludes halogenated alkanes) is 3. The standard InChI is InChI=1S/C21H31NO4S/c1-16(2)22(3)15-25-11-7-5-6-8-12-26-19-14-21(23)27-20-10-9-17(24-4)13-18(19)20/h9-10,13-14,16H,5-8,11-12,15H2,1-4H3. The molecule has 0 fully saturated rings. The van der Waals surface area contributed by atoms with E-state index in [1.165, 1.54) is 11.3 Å². The molecule has 2 aromatic rings. The van der Waals surface area contributed by atoms with Gasteiger partial charge in [-0.2, -0.15) is 0 Å². The molecule has 0 aliphatic carbocycles. The van der Waals surface area contributed by atoms with Crippen molar-refractivity contribution in [2.24, 2.45) is 0 Å². The number of methoxy groups -OCH3 is 1. The van der Waals surface area contributed by atoms with Gasteiger partial charge >= 0.3 is 0 Å². The van der Waals surface area contributed by atoms with Crippen LogP contribution in [0.1, 0.15) is 39.5 Å². The van der Waals surface area contributed by atoms with Crippen molar-refractivity contribution in [2.75, 3.05) is 34.1 Å². The van der Waals surface area contributed by atoms with Crippen molar-refractivity contribution in [3.8, 4) is 11.5 Å². The summed E-state index contributed by atoms with van der Waals surface area (Å²) >= 11 is 1.23. The Morgan fingerprint density at radius 3 is 2.52 bits per heavy atom. The van der Waals surface area contributed by atoms with Crippen molar-refractivity contribution in [3.05, 3.63) is 33.8 Å². The zero-order chi connectivity index (χ0) is 19.6. The van der Waals surface area contributed by atoms with Gasteiger partial charge in [-0.1, -0.05) is 17.8 Å². The van der Waals surface area contributed by atoms with Crippen LogP contribution in [0.15, 0.2) is 29.1 Å². The molecule has 1 heterocycles. The van der Waals surface area contributed by atoms with Gasteiger partial charge < -0.3 is 14.2 Å². The number of benzene rings is 1. The summed E-state index contributed by atoms with van der Waals surface area (Å²) in [5.74, 6) is 1.41. The van der Waals surface area contributed by atoms with Gasteiger partial charge in [0.15, 0.2) is 0 Å². The van der Waals surface area contributed by atoms with Crippen molar-refractivity contribution in [2.45, 2.75) is 45.6 Å². The van der Waals surface area contributed by atoms with Crippen LogP contribution in [0.4, 0.5) is 0 Å². The number of fused-ring (bicyclic) bond motifs is 1. The van der Waals surface area contributed by atoms with Crippen LogP contribution in [0.3, 0.4) is 0 Å². The predicted molar refractivity (Wildman–Crippen MR) is 112 cm³/mol. The molecule has 0 bridgehead atoms. The second-order valence-corrected chi connectivity index (χ2v) is 7.99. The fraction of sp³-hybridized carbons (Fsp3) is 0.571. The molecule has 0 N–H and O–H groups in total. The SMILES string of the molecule is COc1ccc2sc(=O)cc(OCCCCCCOCN(C)C(C)C)c2c1. The van der Waals surface area contributed by atoms with E-state index in [9.17, 15) is 4.79 Å². The van der Waals surface area contributed by atoms with Crippen molar-refractivity contribution >= 4 is 21.4 Å². The van der Waals surface area contributed by atoms with E-state index in [0.717, 1.165) is 48.1 Å². The van der Waals surface area contributed by atoms with Gasteiger partial charge in [0.2, 0.25) is 4.74 Å². The third kappa shape index (κ3) is 7.13. The molecule has 0 radical (unpaired) electrons.